The van der Waals surface area contributed by atoms with E-state index in [1.54, 1.807) is 0 Å². The number of hydrogen-bond acceptors (Lipinski definition) is 3. The highest BCUT2D eigenvalue weighted by molar-refractivity contribution is 6.07. The summed E-state index contributed by atoms with van der Waals surface area (Å²) in [5.74, 6) is 0.877. The molecule has 1 heterocycles. The summed E-state index contributed by atoms with van der Waals surface area (Å²) in [6.07, 6.45) is -0.267. The Morgan fingerprint density at radius 1 is 0.396 bits per heavy atom. The minimum atomic E-state index is -0.180. The largest absolute Gasteiger partial charge is 0.350 e. The van der Waals surface area contributed by atoms with Gasteiger partial charge in [0, 0.05) is 5.56 Å². The standard InChI is InChI=1S/C45H33N3/c1-3-13-32(14-4-1)43-46-44(33-15-5-2-6-16-33)48-45(47-43)38-23-24-41-40(27-38)28-39(36-21-19-30-11-7-9-17-34(30)25-36)29-42(41)37-22-20-31-12-8-10-18-35(31)26-37/h1-29,43-44,46H,(H,47,48). The van der Waals surface area contributed by atoms with Gasteiger partial charge in [0.2, 0.25) is 0 Å². The quantitative estimate of drug-likeness (QED) is 0.202. The molecule has 0 radical (unpaired) electrons. The van der Waals surface area contributed by atoms with Crippen molar-refractivity contribution in [3.05, 3.63) is 193 Å². The Labute approximate surface area is 280 Å². The van der Waals surface area contributed by atoms with Crippen molar-refractivity contribution in [2.24, 2.45) is 4.99 Å². The van der Waals surface area contributed by atoms with Gasteiger partial charge >= 0.3 is 0 Å². The first-order chi connectivity index (χ1) is 23.7. The smallest absolute Gasteiger partial charge is 0.131 e. The lowest BCUT2D eigenvalue weighted by atomic mass is 9.90. The fourth-order valence-electron chi connectivity index (χ4n) is 6.98. The fourth-order valence-corrected chi connectivity index (χ4v) is 6.98. The van der Waals surface area contributed by atoms with Gasteiger partial charge in [-0.1, -0.05) is 146 Å². The van der Waals surface area contributed by atoms with Gasteiger partial charge < -0.3 is 5.32 Å². The number of hydrogen-bond donors (Lipinski definition) is 2. The summed E-state index contributed by atoms with van der Waals surface area (Å²) in [5, 5.41) is 14.8. The van der Waals surface area contributed by atoms with Crippen LogP contribution in [-0.4, -0.2) is 5.84 Å². The van der Waals surface area contributed by atoms with E-state index in [1.165, 1.54) is 60.1 Å². The molecule has 3 heteroatoms. The molecule has 2 N–H and O–H groups in total. The zero-order chi connectivity index (χ0) is 31.9. The summed E-state index contributed by atoms with van der Waals surface area (Å²) in [7, 11) is 0. The number of nitrogens with zero attached hydrogens (tertiary/aromatic N) is 1. The van der Waals surface area contributed by atoms with Gasteiger partial charge in [-0.15, -0.1) is 0 Å². The SMILES string of the molecule is c1ccc(C2N=C(c3ccc4c(-c5ccc6ccccc6c5)cc(-c5ccc6ccccc6c5)cc4c3)NC(c3ccccc3)N2)cc1. The van der Waals surface area contributed by atoms with Gasteiger partial charge in [-0.25, -0.2) is 4.99 Å². The third kappa shape index (κ3) is 5.30. The summed E-state index contributed by atoms with van der Waals surface area (Å²) in [6.45, 7) is 0. The molecule has 0 spiro atoms. The van der Waals surface area contributed by atoms with Crippen LogP contribution in [0.1, 0.15) is 29.0 Å². The van der Waals surface area contributed by atoms with E-state index < -0.39 is 0 Å². The van der Waals surface area contributed by atoms with E-state index in [0.29, 0.717) is 0 Å². The molecule has 0 saturated carbocycles. The number of aliphatic imine (C=N–C) groups is 1. The lowest BCUT2D eigenvalue weighted by molar-refractivity contribution is 0.409. The van der Waals surface area contributed by atoms with Crippen molar-refractivity contribution in [3.8, 4) is 22.3 Å². The first-order valence-corrected chi connectivity index (χ1v) is 16.5. The zero-order valence-electron chi connectivity index (χ0n) is 26.3. The molecule has 0 saturated heterocycles. The molecular formula is C45H33N3. The Bertz CT molecular complexity index is 2470. The molecule has 8 aromatic carbocycles. The van der Waals surface area contributed by atoms with Crippen molar-refractivity contribution >= 4 is 38.2 Å². The predicted octanol–water partition coefficient (Wildman–Crippen LogP) is 10.8. The molecule has 0 aliphatic carbocycles. The highest BCUT2D eigenvalue weighted by atomic mass is 15.3. The Morgan fingerprint density at radius 2 is 0.938 bits per heavy atom. The maximum Gasteiger partial charge on any atom is 0.131 e. The highest BCUT2D eigenvalue weighted by Gasteiger charge is 2.25. The average molecular weight is 616 g/mol. The molecular weight excluding hydrogens is 583 g/mol. The van der Waals surface area contributed by atoms with Crippen LogP contribution in [0.15, 0.2) is 181 Å². The topological polar surface area (TPSA) is 36.4 Å². The van der Waals surface area contributed by atoms with Crippen molar-refractivity contribution in [1.29, 1.82) is 0 Å². The summed E-state index contributed by atoms with van der Waals surface area (Å²) in [6, 6.07) is 63.2. The van der Waals surface area contributed by atoms with Gasteiger partial charge in [-0.2, -0.15) is 0 Å². The highest BCUT2D eigenvalue weighted by Crippen LogP contribution is 2.37. The molecule has 2 unspecified atom stereocenters. The van der Waals surface area contributed by atoms with Gasteiger partial charge in [0.05, 0.1) is 0 Å². The molecule has 1 aliphatic rings. The first kappa shape index (κ1) is 28.2. The van der Waals surface area contributed by atoms with Crippen LogP contribution in [0.5, 0.6) is 0 Å². The van der Waals surface area contributed by atoms with Crippen LogP contribution in [0.2, 0.25) is 0 Å². The third-order valence-electron chi connectivity index (χ3n) is 9.48. The summed E-state index contributed by atoms with van der Waals surface area (Å²) in [5.41, 5.74) is 8.19. The van der Waals surface area contributed by atoms with Crippen LogP contribution < -0.4 is 10.6 Å². The molecule has 0 amide bonds. The van der Waals surface area contributed by atoms with Crippen molar-refractivity contribution in [3.63, 3.8) is 0 Å². The lowest BCUT2D eigenvalue weighted by Gasteiger charge is -2.32. The molecule has 8 aromatic rings. The Balaban J connectivity index is 1.21. The average Bonchev–Trinajstić information content (AvgIpc) is 3.17. The van der Waals surface area contributed by atoms with Crippen LogP contribution in [0.3, 0.4) is 0 Å². The second-order valence-electron chi connectivity index (χ2n) is 12.5. The number of fused-ring (bicyclic) bond motifs is 3. The molecule has 48 heavy (non-hydrogen) atoms. The Kier molecular flexibility index (Phi) is 7.03. The van der Waals surface area contributed by atoms with Crippen LogP contribution in [0.4, 0.5) is 0 Å². The molecule has 1 aliphatic heterocycles. The Morgan fingerprint density at radius 3 is 1.65 bits per heavy atom. The maximum atomic E-state index is 5.23. The van der Waals surface area contributed by atoms with Gasteiger partial charge in [0.25, 0.3) is 0 Å². The third-order valence-corrected chi connectivity index (χ3v) is 9.48. The molecule has 9 rings (SSSR count). The van der Waals surface area contributed by atoms with Crippen LogP contribution in [0.25, 0.3) is 54.6 Å². The van der Waals surface area contributed by atoms with Crippen LogP contribution >= 0.6 is 0 Å². The zero-order valence-corrected chi connectivity index (χ0v) is 26.3. The lowest BCUT2D eigenvalue weighted by Crippen LogP contribution is -2.44. The molecule has 3 nitrogen and oxygen atoms in total. The molecule has 228 valence electrons. The minimum absolute atomic E-state index is 0.0864. The van der Waals surface area contributed by atoms with Crippen LogP contribution in [0, 0.1) is 0 Å². The van der Waals surface area contributed by atoms with E-state index in [9.17, 15) is 0 Å². The van der Waals surface area contributed by atoms with Crippen molar-refractivity contribution in [1.82, 2.24) is 10.6 Å². The monoisotopic (exact) mass is 615 g/mol. The normalized spacial score (nSPS) is 16.1. The molecule has 0 fully saturated rings. The summed E-state index contributed by atoms with van der Waals surface area (Å²) >= 11 is 0. The number of amidine groups is 1. The van der Waals surface area contributed by atoms with Crippen molar-refractivity contribution < 1.29 is 0 Å². The van der Waals surface area contributed by atoms with E-state index in [4.69, 9.17) is 4.99 Å². The van der Waals surface area contributed by atoms with E-state index in [2.05, 4.69) is 180 Å². The maximum absolute atomic E-state index is 5.23. The molecule has 0 aromatic heterocycles. The second kappa shape index (κ2) is 12.0. The minimum Gasteiger partial charge on any atom is -0.350 e. The van der Waals surface area contributed by atoms with Crippen molar-refractivity contribution in [2.45, 2.75) is 12.3 Å². The van der Waals surface area contributed by atoms with Crippen molar-refractivity contribution in [2.75, 3.05) is 0 Å². The van der Waals surface area contributed by atoms with Gasteiger partial charge in [-0.05, 0) is 96.0 Å². The van der Waals surface area contributed by atoms with Gasteiger partial charge in [0.1, 0.15) is 18.2 Å². The van der Waals surface area contributed by atoms with E-state index in [-0.39, 0.29) is 12.3 Å². The van der Waals surface area contributed by atoms with Gasteiger partial charge in [0.15, 0.2) is 0 Å². The van der Waals surface area contributed by atoms with Crippen LogP contribution in [-0.2, 0) is 0 Å². The summed E-state index contributed by atoms with van der Waals surface area (Å²) < 4.78 is 0. The predicted molar refractivity (Wildman–Crippen MR) is 201 cm³/mol. The van der Waals surface area contributed by atoms with E-state index in [0.717, 1.165) is 17.0 Å². The molecule has 2 atom stereocenters. The fraction of sp³-hybridized carbons (Fsp3) is 0.0444. The molecule has 0 bridgehead atoms. The van der Waals surface area contributed by atoms with E-state index >= 15 is 0 Å². The number of nitrogens with one attached hydrogen (secondary N) is 2. The first-order valence-electron chi connectivity index (χ1n) is 16.5. The second-order valence-corrected chi connectivity index (χ2v) is 12.5. The number of benzene rings is 8. The Hall–Kier alpha value is -6.03. The number of rotatable bonds is 5. The summed E-state index contributed by atoms with van der Waals surface area (Å²) in [4.78, 5) is 5.23. The van der Waals surface area contributed by atoms with Gasteiger partial charge in [-0.3, -0.25) is 5.32 Å². The van der Waals surface area contributed by atoms with E-state index in [1.807, 2.05) is 6.07 Å².